The molecule has 0 aromatic carbocycles. The summed E-state index contributed by atoms with van der Waals surface area (Å²) in [6.45, 7) is 1.98. The van der Waals surface area contributed by atoms with Gasteiger partial charge in [-0.15, -0.1) is 0 Å². The molecule has 3 nitrogen and oxygen atoms in total. The van der Waals surface area contributed by atoms with Crippen molar-refractivity contribution in [2.24, 2.45) is 5.16 Å². The predicted octanol–water partition coefficient (Wildman–Crippen LogP) is 2.53. The highest BCUT2D eigenvalue weighted by molar-refractivity contribution is 5.84. The van der Waals surface area contributed by atoms with Crippen molar-refractivity contribution in [1.82, 2.24) is 0 Å². The van der Waals surface area contributed by atoms with Crippen LogP contribution >= 0.6 is 0 Å². The lowest BCUT2D eigenvalue weighted by Gasteiger charge is -1.92. The second-order valence-corrected chi connectivity index (χ2v) is 2.33. The molecule has 0 radical (unpaired) electrons. The van der Waals surface area contributed by atoms with E-state index in [9.17, 15) is 0 Å². The largest absolute Gasteiger partial charge is 0.465 e. The Morgan fingerprint density at radius 2 is 2.58 bits per heavy atom. The minimum Gasteiger partial charge on any atom is -0.465 e. The highest BCUT2D eigenvalue weighted by atomic mass is 16.4. The molecule has 1 N–H and O–H groups in total. The molecular formula is C9H11NO2. The van der Waals surface area contributed by atoms with E-state index in [2.05, 4.69) is 5.16 Å². The van der Waals surface area contributed by atoms with Gasteiger partial charge in [0.15, 0.2) is 0 Å². The van der Waals surface area contributed by atoms with E-state index in [1.807, 2.05) is 25.1 Å². The van der Waals surface area contributed by atoms with Gasteiger partial charge < -0.3 is 9.62 Å². The normalized spacial score (nSPS) is 12.6. The molecule has 12 heavy (non-hydrogen) atoms. The second kappa shape index (κ2) is 4.38. The molecule has 1 aromatic rings. The Kier molecular flexibility index (Phi) is 3.14. The third-order valence-electron chi connectivity index (χ3n) is 1.50. The Bertz CT molecular complexity index is 273. The molecular weight excluding hydrogens is 154 g/mol. The average molecular weight is 165 g/mol. The van der Waals surface area contributed by atoms with Crippen LogP contribution in [0.4, 0.5) is 0 Å². The number of oxime groups is 1. The van der Waals surface area contributed by atoms with Crippen molar-refractivity contribution < 1.29 is 9.62 Å². The van der Waals surface area contributed by atoms with Crippen LogP contribution in [-0.2, 0) is 0 Å². The molecule has 1 heterocycles. The predicted molar refractivity (Wildman–Crippen MR) is 47.3 cm³/mol. The van der Waals surface area contributed by atoms with Crippen LogP contribution in [0, 0.1) is 0 Å². The maximum atomic E-state index is 8.29. The van der Waals surface area contributed by atoms with Crippen molar-refractivity contribution in [2.45, 2.75) is 13.3 Å². The van der Waals surface area contributed by atoms with E-state index in [0.29, 0.717) is 0 Å². The van der Waals surface area contributed by atoms with Crippen molar-refractivity contribution in [3.05, 3.63) is 29.7 Å². The monoisotopic (exact) mass is 165 g/mol. The zero-order chi connectivity index (χ0) is 8.81. The summed E-state index contributed by atoms with van der Waals surface area (Å²) in [5.74, 6) is 0.770. The van der Waals surface area contributed by atoms with Gasteiger partial charge in [0.1, 0.15) is 5.76 Å². The first-order chi connectivity index (χ1) is 5.86. The molecule has 0 spiro atoms. The number of rotatable bonds is 3. The first-order valence-corrected chi connectivity index (χ1v) is 3.78. The topological polar surface area (TPSA) is 45.7 Å². The molecule has 0 unspecified atom stereocenters. The number of hydrogen-bond acceptors (Lipinski definition) is 3. The van der Waals surface area contributed by atoms with Crippen LogP contribution in [-0.4, -0.2) is 11.4 Å². The Morgan fingerprint density at radius 3 is 3.08 bits per heavy atom. The van der Waals surface area contributed by atoms with Crippen molar-refractivity contribution >= 4 is 12.3 Å². The maximum absolute atomic E-state index is 8.29. The molecule has 0 amide bonds. The minimum absolute atomic E-state index is 0.770. The van der Waals surface area contributed by atoms with Crippen molar-refractivity contribution in [2.75, 3.05) is 0 Å². The zero-order valence-electron chi connectivity index (χ0n) is 6.90. The fourth-order valence-electron chi connectivity index (χ4n) is 0.861. The third kappa shape index (κ3) is 2.27. The molecule has 0 bridgehead atoms. The lowest BCUT2D eigenvalue weighted by Crippen LogP contribution is -1.81. The molecule has 3 heteroatoms. The highest BCUT2D eigenvalue weighted by Crippen LogP contribution is 2.08. The minimum atomic E-state index is 0.770. The van der Waals surface area contributed by atoms with Crippen LogP contribution in [0.15, 0.2) is 33.5 Å². The van der Waals surface area contributed by atoms with Crippen LogP contribution < -0.4 is 0 Å². The number of furan rings is 1. The molecule has 0 saturated carbocycles. The Hall–Kier alpha value is -1.51. The summed E-state index contributed by atoms with van der Waals surface area (Å²) >= 11 is 0. The van der Waals surface area contributed by atoms with Gasteiger partial charge >= 0.3 is 0 Å². The first kappa shape index (κ1) is 8.59. The molecule has 0 saturated heterocycles. The van der Waals surface area contributed by atoms with Gasteiger partial charge in [-0.2, -0.15) is 0 Å². The summed E-state index contributed by atoms with van der Waals surface area (Å²) < 4.78 is 5.09. The third-order valence-corrected chi connectivity index (χ3v) is 1.50. The standard InChI is InChI=1S/C9H11NO2/c1-2-8(7-10-11)6-9-4-3-5-12-9/h3-7,11H,2H2,1H3/b8-6+,10-7-. The molecule has 0 aliphatic heterocycles. The molecule has 0 aliphatic carbocycles. The number of nitrogens with zero attached hydrogens (tertiary/aromatic N) is 1. The number of hydrogen-bond donors (Lipinski definition) is 1. The molecule has 0 atom stereocenters. The van der Waals surface area contributed by atoms with Gasteiger partial charge in [-0.05, 0) is 30.2 Å². The summed E-state index contributed by atoms with van der Waals surface area (Å²) in [7, 11) is 0. The van der Waals surface area contributed by atoms with E-state index in [0.717, 1.165) is 17.8 Å². The van der Waals surface area contributed by atoms with E-state index < -0.39 is 0 Å². The Morgan fingerprint density at radius 1 is 1.75 bits per heavy atom. The summed E-state index contributed by atoms with van der Waals surface area (Å²) in [4.78, 5) is 0. The van der Waals surface area contributed by atoms with Gasteiger partial charge in [0.25, 0.3) is 0 Å². The van der Waals surface area contributed by atoms with Crippen LogP contribution in [0.5, 0.6) is 0 Å². The van der Waals surface area contributed by atoms with E-state index >= 15 is 0 Å². The highest BCUT2D eigenvalue weighted by Gasteiger charge is 1.93. The van der Waals surface area contributed by atoms with Gasteiger partial charge in [0.05, 0.1) is 12.5 Å². The van der Waals surface area contributed by atoms with E-state index in [1.165, 1.54) is 6.21 Å². The SMILES string of the molecule is CCC(/C=N\O)=C\c1ccco1. The fourth-order valence-corrected chi connectivity index (χ4v) is 0.861. The van der Waals surface area contributed by atoms with Crippen molar-refractivity contribution in [3.63, 3.8) is 0 Å². The van der Waals surface area contributed by atoms with Crippen LogP contribution in [0.3, 0.4) is 0 Å². The van der Waals surface area contributed by atoms with E-state index in [-0.39, 0.29) is 0 Å². The van der Waals surface area contributed by atoms with Gasteiger partial charge in [-0.1, -0.05) is 12.1 Å². The quantitative estimate of drug-likeness (QED) is 0.425. The van der Waals surface area contributed by atoms with Crippen LogP contribution in [0.25, 0.3) is 6.08 Å². The van der Waals surface area contributed by atoms with Crippen LogP contribution in [0.2, 0.25) is 0 Å². The average Bonchev–Trinajstić information content (AvgIpc) is 2.56. The van der Waals surface area contributed by atoms with Gasteiger partial charge in [-0.3, -0.25) is 0 Å². The summed E-state index contributed by atoms with van der Waals surface area (Å²) in [6, 6.07) is 3.66. The van der Waals surface area contributed by atoms with E-state index in [4.69, 9.17) is 9.62 Å². The molecule has 0 fully saturated rings. The summed E-state index contributed by atoms with van der Waals surface area (Å²) in [5, 5.41) is 11.2. The van der Waals surface area contributed by atoms with Gasteiger partial charge in [-0.25, -0.2) is 0 Å². The fraction of sp³-hybridized carbons (Fsp3) is 0.222. The maximum Gasteiger partial charge on any atom is 0.126 e. The van der Waals surface area contributed by atoms with Crippen molar-refractivity contribution in [1.29, 1.82) is 0 Å². The van der Waals surface area contributed by atoms with E-state index in [1.54, 1.807) is 6.26 Å². The van der Waals surface area contributed by atoms with Gasteiger partial charge in [0, 0.05) is 0 Å². The lowest BCUT2D eigenvalue weighted by molar-refractivity contribution is 0.321. The number of allylic oxidation sites excluding steroid dienone is 1. The molecule has 0 aliphatic rings. The summed E-state index contributed by atoms with van der Waals surface area (Å²) in [5.41, 5.74) is 0.924. The molecule has 64 valence electrons. The smallest absolute Gasteiger partial charge is 0.126 e. The molecule has 1 rings (SSSR count). The lowest BCUT2D eigenvalue weighted by atomic mass is 10.2. The Labute approximate surface area is 71.0 Å². The first-order valence-electron chi connectivity index (χ1n) is 3.78. The van der Waals surface area contributed by atoms with Crippen molar-refractivity contribution in [3.8, 4) is 0 Å². The molecule has 1 aromatic heterocycles. The second-order valence-electron chi connectivity index (χ2n) is 2.33. The van der Waals surface area contributed by atoms with Crippen LogP contribution in [0.1, 0.15) is 19.1 Å². The van der Waals surface area contributed by atoms with Gasteiger partial charge in [0.2, 0.25) is 0 Å². The summed E-state index contributed by atoms with van der Waals surface area (Å²) in [6.07, 6.45) is 5.65. The zero-order valence-corrected chi connectivity index (χ0v) is 6.90. The Balaban J connectivity index is 2.78.